The minimum absolute atomic E-state index is 0.118. The number of nitrogens with one attached hydrogen (secondary N) is 1. The van der Waals surface area contributed by atoms with E-state index in [1.165, 1.54) is 6.92 Å². The third-order valence-corrected chi connectivity index (χ3v) is 6.79. The van der Waals surface area contributed by atoms with Crippen LogP contribution in [0, 0.1) is 0 Å². The van der Waals surface area contributed by atoms with Crippen molar-refractivity contribution < 1.29 is 30.0 Å². The highest BCUT2D eigenvalue weighted by Crippen LogP contribution is 2.38. The number of nitrogens with zero attached hydrogens (tertiary/aromatic N) is 2. The number of anilines is 2. The summed E-state index contributed by atoms with van der Waals surface area (Å²) in [5.74, 6) is 0.145. The Morgan fingerprint density at radius 2 is 1.44 bits per heavy atom. The molecule has 0 unspecified atom stereocenters. The molecule has 0 radical (unpaired) electrons. The Morgan fingerprint density at radius 1 is 0.917 bits per heavy atom. The van der Waals surface area contributed by atoms with Crippen LogP contribution in [0.4, 0.5) is 11.5 Å². The van der Waals surface area contributed by atoms with E-state index in [0.29, 0.717) is 16.1 Å². The van der Waals surface area contributed by atoms with Crippen molar-refractivity contribution in [1.82, 2.24) is 4.98 Å². The standard InChI is InChI=1S/C23H26BrN3O7S2/c1-16(28)25-23-21(19-6-4-5-7-20(19)22(24)26-23)17-8-10-18(11-9-17)27(12-14-33-35(2,29)30)13-15-34-36(3,31)32/h4-11H,12-15H2,1-3H3,(H,25,26,28). The molecule has 0 spiro atoms. The highest BCUT2D eigenvalue weighted by molar-refractivity contribution is 9.10. The number of carbonyl (C=O) groups excluding carboxylic acids is 1. The van der Waals surface area contributed by atoms with Gasteiger partial charge in [-0.15, -0.1) is 0 Å². The molecule has 0 saturated carbocycles. The van der Waals surface area contributed by atoms with Crippen LogP contribution in [0.3, 0.4) is 0 Å². The summed E-state index contributed by atoms with van der Waals surface area (Å²) >= 11 is 3.47. The zero-order valence-electron chi connectivity index (χ0n) is 19.9. The Labute approximate surface area is 219 Å². The van der Waals surface area contributed by atoms with E-state index in [4.69, 9.17) is 8.37 Å². The molecule has 0 aliphatic carbocycles. The molecular weight excluding hydrogens is 574 g/mol. The van der Waals surface area contributed by atoms with Crippen molar-refractivity contribution in [2.24, 2.45) is 0 Å². The van der Waals surface area contributed by atoms with Gasteiger partial charge in [0.25, 0.3) is 20.2 Å². The summed E-state index contributed by atoms with van der Waals surface area (Å²) in [4.78, 5) is 18.1. The predicted octanol–water partition coefficient (Wildman–Crippen LogP) is 3.38. The highest BCUT2D eigenvalue weighted by atomic mass is 79.9. The SMILES string of the molecule is CC(=O)Nc1nc(Br)c2ccccc2c1-c1ccc(N(CCOS(C)(=O)=O)CCOS(C)(=O)=O)cc1. The van der Waals surface area contributed by atoms with Crippen LogP contribution in [0.2, 0.25) is 0 Å². The molecule has 3 rings (SSSR count). The largest absolute Gasteiger partial charge is 0.367 e. The lowest BCUT2D eigenvalue weighted by Crippen LogP contribution is -2.32. The molecule has 0 aliphatic heterocycles. The highest BCUT2D eigenvalue weighted by Gasteiger charge is 2.17. The maximum absolute atomic E-state index is 11.8. The average Bonchev–Trinajstić information content (AvgIpc) is 2.77. The number of benzene rings is 2. The van der Waals surface area contributed by atoms with E-state index in [-0.39, 0.29) is 32.2 Å². The van der Waals surface area contributed by atoms with Crippen LogP contribution in [0.1, 0.15) is 6.92 Å². The summed E-state index contributed by atoms with van der Waals surface area (Å²) in [6.45, 7) is 1.53. The van der Waals surface area contributed by atoms with Crippen LogP contribution < -0.4 is 10.2 Å². The van der Waals surface area contributed by atoms with Crippen LogP contribution >= 0.6 is 15.9 Å². The summed E-state index contributed by atoms with van der Waals surface area (Å²) in [5, 5.41) is 4.55. The maximum atomic E-state index is 11.8. The van der Waals surface area contributed by atoms with E-state index < -0.39 is 20.2 Å². The summed E-state index contributed by atoms with van der Waals surface area (Å²) in [6, 6.07) is 15.0. The van der Waals surface area contributed by atoms with Gasteiger partial charge in [0, 0.05) is 36.7 Å². The van der Waals surface area contributed by atoms with Crippen LogP contribution in [0.25, 0.3) is 21.9 Å². The number of hydrogen-bond acceptors (Lipinski definition) is 9. The molecule has 0 fully saturated rings. The first-order valence-electron chi connectivity index (χ1n) is 10.7. The monoisotopic (exact) mass is 599 g/mol. The number of fused-ring (bicyclic) bond motifs is 1. The van der Waals surface area contributed by atoms with Crippen LogP contribution in [-0.2, 0) is 33.4 Å². The third-order valence-electron chi connectivity index (χ3n) is 5.00. The van der Waals surface area contributed by atoms with E-state index in [2.05, 4.69) is 26.2 Å². The number of hydrogen-bond donors (Lipinski definition) is 1. The van der Waals surface area contributed by atoms with Crippen molar-refractivity contribution in [3.63, 3.8) is 0 Å². The van der Waals surface area contributed by atoms with Gasteiger partial charge in [0.15, 0.2) is 0 Å². The molecule has 2 aromatic carbocycles. The van der Waals surface area contributed by atoms with Gasteiger partial charge in [-0.05, 0) is 39.0 Å². The Hall–Kier alpha value is -2.58. The third kappa shape index (κ3) is 7.96. The van der Waals surface area contributed by atoms with Crippen molar-refractivity contribution in [2.75, 3.05) is 49.0 Å². The van der Waals surface area contributed by atoms with Gasteiger partial charge in [-0.3, -0.25) is 13.2 Å². The van der Waals surface area contributed by atoms with Gasteiger partial charge in [-0.25, -0.2) is 4.98 Å². The van der Waals surface area contributed by atoms with Gasteiger partial charge < -0.3 is 10.2 Å². The van der Waals surface area contributed by atoms with Crippen molar-refractivity contribution >= 4 is 64.4 Å². The first kappa shape index (κ1) is 28.0. The molecule has 36 heavy (non-hydrogen) atoms. The summed E-state index contributed by atoms with van der Waals surface area (Å²) in [7, 11) is -7.25. The fourth-order valence-electron chi connectivity index (χ4n) is 3.58. The first-order valence-corrected chi connectivity index (χ1v) is 15.2. The second-order valence-corrected chi connectivity index (χ2v) is 12.0. The molecule has 0 atom stereocenters. The van der Waals surface area contributed by atoms with Gasteiger partial charge in [-0.1, -0.05) is 36.4 Å². The topological polar surface area (TPSA) is 132 Å². The predicted molar refractivity (Wildman–Crippen MR) is 143 cm³/mol. The number of amides is 1. The Morgan fingerprint density at radius 3 is 1.94 bits per heavy atom. The second kappa shape index (κ2) is 11.6. The molecule has 0 bridgehead atoms. The van der Waals surface area contributed by atoms with Crippen LogP contribution in [0.15, 0.2) is 53.1 Å². The van der Waals surface area contributed by atoms with Crippen molar-refractivity contribution in [3.8, 4) is 11.1 Å². The number of aromatic nitrogens is 1. The van der Waals surface area contributed by atoms with E-state index in [9.17, 15) is 21.6 Å². The normalized spacial score (nSPS) is 12.0. The number of rotatable bonds is 11. The van der Waals surface area contributed by atoms with Gasteiger partial charge in [0.2, 0.25) is 5.91 Å². The molecule has 3 aromatic rings. The lowest BCUT2D eigenvalue weighted by molar-refractivity contribution is -0.114. The summed E-state index contributed by atoms with van der Waals surface area (Å²) < 4.78 is 55.7. The van der Waals surface area contributed by atoms with Crippen molar-refractivity contribution in [2.45, 2.75) is 6.92 Å². The van der Waals surface area contributed by atoms with E-state index >= 15 is 0 Å². The van der Waals surface area contributed by atoms with Crippen LogP contribution in [0.5, 0.6) is 0 Å². The summed E-state index contributed by atoms with van der Waals surface area (Å²) in [5.41, 5.74) is 2.23. The number of halogens is 1. The zero-order valence-corrected chi connectivity index (χ0v) is 23.1. The minimum Gasteiger partial charge on any atom is -0.367 e. The molecule has 1 N–H and O–H groups in total. The molecular formula is C23H26BrN3O7S2. The number of carbonyl (C=O) groups is 1. The number of pyridine rings is 1. The van der Waals surface area contributed by atoms with Gasteiger partial charge in [0.05, 0.1) is 25.7 Å². The minimum atomic E-state index is -3.63. The average molecular weight is 601 g/mol. The fraction of sp³-hybridized carbons (Fsp3) is 0.304. The van der Waals surface area contributed by atoms with Crippen molar-refractivity contribution in [3.05, 3.63) is 53.1 Å². The molecule has 0 saturated heterocycles. The van der Waals surface area contributed by atoms with E-state index in [1.54, 1.807) is 4.90 Å². The quantitative estimate of drug-likeness (QED) is 0.260. The second-order valence-electron chi connectivity index (χ2n) is 7.94. The molecule has 0 aliphatic rings. The fourth-order valence-corrected chi connectivity index (χ4v) is 4.86. The molecule has 1 heterocycles. The Kier molecular flexibility index (Phi) is 9.06. The van der Waals surface area contributed by atoms with E-state index in [0.717, 1.165) is 34.4 Å². The first-order chi connectivity index (χ1) is 16.8. The van der Waals surface area contributed by atoms with Gasteiger partial charge in [-0.2, -0.15) is 16.8 Å². The lowest BCUT2D eigenvalue weighted by Gasteiger charge is -2.24. The molecule has 1 aromatic heterocycles. The smallest absolute Gasteiger partial charge is 0.264 e. The maximum Gasteiger partial charge on any atom is 0.264 e. The summed E-state index contributed by atoms with van der Waals surface area (Å²) in [6.07, 6.45) is 1.92. The molecule has 1 amide bonds. The molecule has 13 heteroatoms. The molecule has 194 valence electrons. The van der Waals surface area contributed by atoms with Gasteiger partial charge >= 0.3 is 0 Å². The van der Waals surface area contributed by atoms with Gasteiger partial charge in [0.1, 0.15) is 10.4 Å². The Balaban J connectivity index is 1.96. The molecule has 10 nitrogen and oxygen atoms in total. The zero-order chi connectivity index (χ0) is 26.5. The van der Waals surface area contributed by atoms with Crippen LogP contribution in [-0.4, -0.2) is 66.5 Å². The van der Waals surface area contributed by atoms with E-state index in [1.807, 2.05) is 48.5 Å². The Bertz CT molecular complexity index is 1420. The van der Waals surface area contributed by atoms with Crippen molar-refractivity contribution in [1.29, 1.82) is 0 Å². The lowest BCUT2D eigenvalue weighted by atomic mass is 9.99.